The van der Waals surface area contributed by atoms with E-state index in [0.717, 1.165) is 12.1 Å². The Morgan fingerprint density at radius 2 is 1.95 bits per heavy atom. The first-order chi connectivity index (χ1) is 9.35. The monoisotopic (exact) mass is 282 g/mol. The van der Waals surface area contributed by atoms with Crippen LogP contribution in [0.4, 0.5) is 14.5 Å². The summed E-state index contributed by atoms with van der Waals surface area (Å²) < 4.78 is 32.5. The summed E-state index contributed by atoms with van der Waals surface area (Å²) in [7, 11) is 0. The largest absolute Gasteiger partial charge is 0.345 e. The predicted octanol–water partition coefficient (Wildman–Crippen LogP) is 2.87. The van der Waals surface area contributed by atoms with Crippen molar-refractivity contribution in [3.05, 3.63) is 57.5 Å². The van der Waals surface area contributed by atoms with E-state index in [9.17, 15) is 23.7 Å². The Morgan fingerprint density at radius 1 is 1.35 bits per heavy atom. The highest BCUT2D eigenvalue weighted by molar-refractivity contribution is 6.02. The predicted molar refractivity (Wildman–Crippen MR) is 62.6 cm³/mol. The van der Waals surface area contributed by atoms with Crippen LogP contribution in [0.2, 0.25) is 0 Å². The van der Waals surface area contributed by atoms with Crippen LogP contribution in [0.15, 0.2) is 34.9 Å². The van der Waals surface area contributed by atoms with Gasteiger partial charge in [0.15, 0.2) is 5.69 Å². The standard InChI is InChI=1S/C12H8F2N2O4/c1-7-9(16(18)19)10(20-15-7)11(17)12(13,14)8-5-3-2-4-6-8/h2-6H,1H3. The summed E-state index contributed by atoms with van der Waals surface area (Å²) in [6.07, 6.45) is 0. The molecule has 2 aromatic rings. The second-order valence-corrected chi connectivity index (χ2v) is 3.97. The van der Waals surface area contributed by atoms with Gasteiger partial charge in [-0.1, -0.05) is 35.5 Å². The molecule has 0 saturated carbocycles. The van der Waals surface area contributed by atoms with Gasteiger partial charge in [-0.05, 0) is 6.92 Å². The molecule has 0 unspecified atom stereocenters. The Balaban J connectivity index is 2.49. The number of nitrogens with zero attached hydrogens (tertiary/aromatic N) is 2. The molecule has 1 aromatic heterocycles. The number of hydrogen-bond donors (Lipinski definition) is 0. The van der Waals surface area contributed by atoms with Crippen molar-refractivity contribution in [2.75, 3.05) is 0 Å². The number of carbonyl (C=O) groups is 1. The molecule has 0 saturated heterocycles. The zero-order valence-electron chi connectivity index (χ0n) is 10.2. The van der Waals surface area contributed by atoms with Crippen LogP contribution in [0, 0.1) is 17.0 Å². The second kappa shape index (κ2) is 4.80. The van der Waals surface area contributed by atoms with Gasteiger partial charge in [0.1, 0.15) is 0 Å². The van der Waals surface area contributed by atoms with Crippen LogP contribution in [0.3, 0.4) is 0 Å². The summed E-state index contributed by atoms with van der Waals surface area (Å²) in [4.78, 5) is 21.6. The number of hydrogen-bond acceptors (Lipinski definition) is 5. The Hall–Kier alpha value is -2.64. The van der Waals surface area contributed by atoms with Crippen LogP contribution in [-0.4, -0.2) is 15.9 Å². The lowest BCUT2D eigenvalue weighted by Crippen LogP contribution is -2.26. The molecule has 8 heteroatoms. The quantitative estimate of drug-likeness (QED) is 0.489. The lowest BCUT2D eigenvalue weighted by atomic mass is 10.0. The van der Waals surface area contributed by atoms with Crippen LogP contribution < -0.4 is 0 Å². The average molecular weight is 282 g/mol. The van der Waals surface area contributed by atoms with Gasteiger partial charge in [-0.3, -0.25) is 14.9 Å². The van der Waals surface area contributed by atoms with Gasteiger partial charge < -0.3 is 4.52 Å². The van der Waals surface area contributed by atoms with E-state index in [2.05, 4.69) is 9.68 Å². The van der Waals surface area contributed by atoms with E-state index in [4.69, 9.17) is 0 Å². The minimum atomic E-state index is -3.93. The van der Waals surface area contributed by atoms with Crippen molar-refractivity contribution in [2.45, 2.75) is 12.8 Å². The lowest BCUT2D eigenvalue weighted by molar-refractivity contribution is -0.386. The normalized spacial score (nSPS) is 11.3. The van der Waals surface area contributed by atoms with E-state index in [1.54, 1.807) is 0 Å². The molecule has 104 valence electrons. The number of aromatic nitrogens is 1. The van der Waals surface area contributed by atoms with Gasteiger partial charge in [-0.25, -0.2) is 0 Å². The number of aryl methyl sites for hydroxylation is 1. The fourth-order valence-corrected chi connectivity index (χ4v) is 1.65. The van der Waals surface area contributed by atoms with Crippen LogP contribution in [0.1, 0.15) is 21.8 Å². The molecule has 1 aromatic carbocycles. The third-order valence-electron chi connectivity index (χ3n) is 2.64. The Morgan fingerprint density at radius 3 is 2.50 bits per heavy atom. The highest BCUT2D eigenvalue weighted by atomic mass is 19.3. The molecule has 0 spiro atoms. The molecule has 0 amide bonds. The number of benzene rings is 1. The van der Waals surface area contributed by atoms with Crippen molar-refractivity contribution in [3.63, 3.8) is 0 Å². The molecular formula is C12H8F2N2O4. The summed E-state index contributed by atoms with van der Waals surface area (Å²) in [5.74, 6) is -6.78. The number of rotatable bonds is 4. The number of alkyl halides is 2. The van der Waals surface area contributed by atoms with Gasteiger partial charge in [0.2, 0.25) is 0 Å². The van der Waals surface area contributed by atoms with Gasteiger partial charge in [0, 0.05) is 5.56 Å². The number of nitro groups is 1. The third-order valence-corrected chi connectivity index (χ3v) is 2.64. The minimum absolute atomic E-state index is 0.234. The number of Topliss-reactive ketones (excluding diaryl/α,β-unsaturated/α-hetero) is 1. The maximum absolute atomic E-state index is 14.0. The van der Waals surface area contributed by atoms with Crippen molar-refractivity contribution >= 4 is 11.5 Å². The van der Waals surface area contributed by atoms with Gasteiger partial charge in [0.05, 0.1) is 4.92 Å². The lowest BCUT2D eigenvalue weighted by Gasteiger charge is -2.12. The van der Waals surface area contributed by atoms with Crippen LogP contribution in [0.5, 0.6) is 0 Å². The van der Waals surface area contributed by atoms with Gasteiger partial charge >= 0.3 is 11.6 Å². The molecule has 6 nitrogen and oxygen atoms in total. The topological polar surface area (TPSA) is 86.2 Å². The van der Waals surface area contributed by atoms with Crippen LogP contribution in [-0.2, 0) is 5.92 Å². The summed E-state index contributed by atoms with van der Waals surface area (Å²) >= 11 is 0. The summed E-state index contributed by atoms with van der Waals surface area (Å²) in [6, 6.07) is 6.26. The molecule has 0 aliphatic rings. The first-order valence-corrected chi connectivity index (χ1v) is 5.44. The molecule has 0 atom stereocenters. The van der Waals surface area contributed by atoms with Crippen molar-refractivity contribution in [1.82, 2.24) is 5.16 Å². The van der Waals surface area contributed by atoms with Gasteiger partial charge in [-0.15, -0.1) is 0 Å². The van der Waals surface area contributed by atoms with Gasteiger partial charge in [-0.2, -0.15) is 8.78 Å². The fourth-order valence-electron chi connectivity index (χ4n) is 1.65. The summed E-state index contributed by atoms with van der Waals surface area (Å²) in [6.45, 7) is 1.19. The molecule has 0 N–H and O–H groups in total. The van der Waals surface area contributed by atoms with Gasteiger partial charge in [0.25, 0.3) is 11.5 Å². The fraction of sp³-hybridized carbons (Fsp3) is 0.167. The number of carbonyl (C=O) groups excluding carboxylic acids is 1. The van der Waals surface area contributed by atoms with E-state index < -0.39 is 33.6 Å². The van der Waals surface area contributed by atoms with E-state index >= 15 is 0 Å². The highest BCUT2D eigenvalue weighted by Crippen LogP contribution is 2.35. The SMILES string of the molecule is Cc1noc(C(=O)C(F)(F)c2ccccc2)c1[N+](=O)[O-]. The molecule has 0 aliphatic carbocycles. The van der Waals surface area contributed by atoms with E-state index in [1.165, 1.54) is 25.1 Å². The Kier molecular flexibility index (Phi) is 3.31. The van der Waals surface area contributed by atoms with Crippen LogP contribution >= 0.6 is 0 Å². The minimum Gasteiger partial charge on any atom is -0.345 e. The maximum Gasteiger partial charge on any atom is 0.342 e. The maximum atomic E-state index is 14.0. The van der Waals surface area contributed by atoms with Crippen molar-refractivity contribution in [2.24, 2.45) is 0 Å². The first kappa shape index (κ1) is 13.8. The third kappa shape index (κ3) is 2.15. The summed E-state index contributed by atoms with van der Waals surface area (Å²) in [5.41, 5.74) is -1.65. The number of halogens is 2. The molecule has 1 heterocycles. The van der Waals surface area contributed by atoms with E-state index in [1.807, 2.05) is 0 Å². The number of ketones is 1. The van der Waals surface area contributed by atoms with Crippen molar-refractivity contribution in [1.29, 1.82) is 0 Å². The smallest absolute Gasteiger partial charge is 0.342 e. The molecule has 2 rings (SSSR count). The zero-order valence-corrected chi connectivity index (χ0v) is 10.2. The van der Waals surface area contributed by atoms with Crippen molar-refractivity contribution < 1.29 is 23.0 Å². The summed E-state index contributed by atoms with van der Waals surface area (Å²) in [5, 5.41) is 14.0. The molecule has 0 fully saturated rings. The van der Waals surface area contributed by atoms with Crippen LogP contribution in [0.25, 0.3) is 0 Å². The zero-order chi connectivity index (χ0) is 14.9. The Bertz CT molecular complexity index is 667. The molecule has 0 bridgehead atoms. The highest BCUT2D eigenvalue weighted by Gasteiger charge is 2.47. The molecule has 0 aliphatic heterocycles. The van der Waals surface area contributed by atoms with E-state index in [0.29, 0.717) is 0 Å². The Labute approximate surface area is 111 Å². The molecular weight excluding hydrogens is 274 g/mol. The molecule has 20 heavy (non-hydrogen) atoms. The van der Waals surface area contributed by atoms with Crippen molar-refractivity contribution in [3.8, 4) is 0 Å². The first-order valence-electron chi connectivity index (χ1n) is 5.44. The average Bonchev–Trinajstić information content (AvgIpc) is 2.80. The van der Waals surface area contributed by atoms with E-state index in [-0.39, 0.29) is 5.69 Å². The second-order valence-electron chi connectivity index (χ2n) is 3.97. The molecule has 0 radical (unpaired) electrons.